The van der Waals surface area contributed by atoms with Crippen molar-refractivity contribution in [3.8, 4) is 0 Å². The van der Waals surface area contributed by atoms with Gasteiger partial charge in [0, 0.05) is 13.6 Å². The van der Waals surface area contributed by atoms with Crippen LogP contribution >= 0.6 is 0 Å². The van der Waals surface area contributed by atoms with Gasteiger partial charge in [-0.15, -0.1) is 0 Å². The Labute approximate surface area is 123 Å². The van der Waals surface area contributed by atoms with Gasteiger partial charge in [0.25, 0.3) is 0 Å². The van der Waals surface area contributed by atoms with E-state index in [1.54, 1.807) is 11.9 Å². The summed E-state index contributed by atoms with van der Waals surface area (Å²) < 4.78 is 0. The van der Waals surface area contributed by atoms with Crippen LogP contribution in [-0.2, 0) is 4.79 Å². The molecule has 118 valence electrons. The number of amides is 1. The van der Waals surface area contributed by atoms with Crippen LogP contribution in [0.25, 0.3) is 0 Å². The van der Waals surface area contributed by atoms with Crippen LogP contribution in [0.5, 0.6) is 0 Å². The van der Waals surface area contributed by atoms with E-state index in [0.29, 0.717) is 25.3 Å². The molecular formula is C15H31N3O2. The van der Waals surface area contributed by atoms with Crippen molar-refractivity contribution in [1.82, 2.24) is 4.90 Å². The van der Waals surface area contributed by atoms with Crippen molar-refractivity contribution >= 4 is 11.7 Å². The third-order valence-corrected chi connectivity index (χ3v) is 3.99. The van der Waals surface area contributed by atoms with E-state index in [-0.39, 0.29) is 11.7 Å². The SMILES string of the molecule is CCCC(CCC)(C(=O)N(C)CC(C)CC)C(N)=NO. The van der Waals surface area contributed by atoms with Crippen LogP contribution in [0.15, 0.2) is 5.16 Å². The van der Waals surface area contributed by atoms with E-state index in [1.807, 2.05) is 13.8 Å². The zero-order valence-corrected chi connectivity index (χ0v) is 13.6. The lowest BCUT2D eigenvalue weighted by Gasteiger charge is -2.35. The molecule has 0 aliphatic heterocycles. The highest BCUT2D eigenvalue weighted by atomic mass is 16.4. The van der Waals surface area contributed by atoms with Crippen LogP contribution in [-0.4, -0.2) is 35.4 Å². The molecular weight excluding hydrogens is 254 g/mol. The molecule has 1 atom stereocenters. The fourth-order valence-electron chi connectivity index (χ4n) is 2.70. The standard InChI is InChI=1S/C15H31N3O2/c1-6-9-15(10-7-2,13(16)17-20)14(19)18(5)11-12(4)8-3/h12,20H,6-11H2,1-5H3,(H2,16,17). The Kier molecular flexibility index (Phi) is 8.26. The highest BCUT2D eigenvalue weighted by molar-refractivity contribution is 6.06. The highest BCUT2D eigenvalue weighted by Gasteiger charge is 2.43. The fourth-order valence-corrected chi connectivity index (χ4v) is 2.70. The molecule has 20 heavy (non-hydrogen) atoms. The van der Waals surface area contributed by atoms with Gasteiger partial charge in [-0.3, -0.25) is 4.79 Å². The van der Waals surface area contributed by atoms with E-state index in [0.717, 1.165) is 19.3 Å². The van der Waals surface area contributed by atoms with Gasteiger partial charge in [0.15, 0.2) is 5.84 Å². The van der Waals surface area contributed by atoms with Crippen molar-refractivity contribution in [1.29, 1.82) is 0 Å². The summed E-state index contributed by atoms with van der Waals surface area (Å²) in [7, 11) is 1.80. The second-order valence-electron chi connectivity index (χ2n) is 5.77. The summed E-state index contributed by atoms with van der Waals surface area (Å²) in [4.78, 5) is 14.6. The molecule has 0 fully saturated rings. The molecule has 5 heteroatoms. The molecule has 0 saturated carbocycles. The lowest BCUT2D eigenvalue weighted by Crippen LogP contribution is -2.51. The molecule has 0 radical (unpaired) electrons. The van der Waals surface area contributed by atoms with Crippen LogP contribution in [0.4, 0.5) is 0 Å². The zero-order valence-electron chi connectivity index (χ0n) is 13.6. The van der Waals surface area contributed by atoms with Gasteiger partial charge >= 0.3 is 0 Å². The maximum atomic E-state index is 12.9. The molecule has 0 aromatic rings. The Bertz CT molecular complexity index is 323. The largest absolute Gasteiger partial charge is 0.409 e. The summed E-state index contributed by atoms with van der Waals surface area (Å²) in [5, 5.41) is 12.2. The maximum Gasteiger partial charge on any atom is 0.236 e. The van der Waals surface area contributed by atoms with Crippen LogP contribution in [0.1, 0.15) is 59.8 Å². The number of nitrogens with two attached hydrogens (primary N) is 1. The number of hydrogen-bond donors (Lipinski definition) is 2. The quantitative estimate of drug-likeness (QED) is 0.296. The number of carbonyl (C=O) groups excluding carboxylic acids is 1. The molecule has 1 amide bonds. The number of hydrogen-bond acceptors (Lipinski definition) is 3. The van der Waals surface area contributed by atoms with Crippen LogP contribution in [0.2, 0.25) is 0 Å². The molecule has 0 spiro atoms. The molecule has 0 saturated heterocycles. The van der Waals surface area contributed by atoms with Crippen molar-refractivity contribution in [3.05, 3.63) is 0 Å². The summed E-state index contributed by atoms with van der Waals surface area (Å²) in [5.74, 6) is 0.455. The first kappa shape index (κ1) is 18.7. The average molecular weight is 285 g/mol. The first-order valence-corrected chi connectivity index (χ1v) is 7.63. The lowest BCUT2D eigenvalue weighted by atomic mass is 9.76. The summed E-state index contributed by atoms with van der Waals surface area (Å²) >= 11 is 0. The van der Waals surface area contributed by atoms with E-state index in [2.05, 4.69) is 19.0 Å². The number of oxime groups is 1. The van der Waals surface area contributed by atoms with Gasteiger partial charge in [0.1, 0.15) is 5.41 Å². The van der Waals surface area contributed by atoms with E-state index >= 15 is 0 Å². The molecule has 0 rings (SSSR count). The third-order valence-electron chi connectivity index (χ3n) is 3.99. The second-order valence-corrected chi connectivity index (χ2v) is 5.77. The number of rotatable bonds is 9. The number of carbonyl (C=O) groups is 1. The van der Waals surface area contributed by atoms with Gasteiger partial charge in [-0.05, 0) is 18.8 Å². The van der Waals surface area contributed by atoms with Gasteiger partial charge in [0.2, 0.25) is 5.91 Å². The predicted molar refractivity (Wildman–Crippen MR) is 82.7 cm³/mol. The molecule has 3 N–H and O–H groups in total. The van der Waals surface area contributed by atoms with Crippen LogP contribution in [0, 0.1) is 11.3 Å². The molecule has 1 unspecified atom stereocenters. The van der Waals surface area contributed by atoms with Gasteiger partial charge < -0.3 is 15.8 Å². The molecule has 0 aliphatic carbocycles. The normalized spacial score (nSPS) is 14.2. The fraction of sp³-hybridized carbons (Fsp3) is 0.867. The van der Waals surface area contributed by atoms with Crippen LogP contribution < -0.4 is 5.73 Å². The summed E-state index contributed by atoms with van der Waals surface area (Å²) in [6, 6.07) is 0. The van der Waals surface area contributed by atoms with Gasteiger partial charge in [-0.1, -0.05) is 52.1 Å². The number of nitrogens with zero attached hydrogens (tertiary/aromatic N) is 2. The summed E-state index contributed by atoms with van der Waals surface area (Å²) in [6.45, 7) is 8.95. The molecule has 5 nitrogen and oxygen atoms in total. The Morgan fingerprint density at radius 1 is 1.30 bits per heavy atom. The lowest BCUT2D eigenvalue weighted by molar-refractivity contribution is -0.138. The van der Waals surface area contributed by atoms with E-state index < -0.39 is 5.41 Å². The minimum absolute atomic E-state index is 0.0307. The molecule has 0 aromatic heterocycles. The first-order chi connectivity index (χ1) is 9.39. The monoisotopic (exact) mass is 285 g/mol. The second kappa shape index (κ2) is 8.82. The third kappa shape index (κ3) is 4.39. The zero-order chi connectivity index (χ0) is 15.8. The molecule has 0 bridgehead atoms. The maximum absolute atomic E-state index is 12.9. The van der Waals surface area contributed by atoms with E-state index in [1.165, 1.54) is 0 Å². The molecule has 0 aliphatic rings. The number of amidine groups is 1. The van der Waals surface area contributed by atoms with Crippen LogP contribution in [0.3, 0.4) is 0 Å². The van der Waals surface area contributed by atoms with Gasteiger partial charge in [-0.25, -0.2) is 0 Å². The molecule has 0 heterocycles. The first-order valence-electron chi connectivity index (χ1n) is 7.63. The Morgan fingerprint density at radius 2 is 1.80 bits per heavy atom. The smallest absolute Gasteiger partial charge is 0.236 e. The Hall–Kier alpha value is -1.26. The minimum atomic E-state index is -0.861. The highest BCUT2D eigenvalue weighted by Crippen LogP contribution is 2.32. The van der Waals surface area contributed by atoms with Gasteiger partial charge in [-0.2, -0.15) is 0 Å². The van der Waals surface area contributed by atoms with Crippen molar-refractivity contribution in [2.45, 2.75) is 59.8 Å². The molecule has 0 aromatic carbocycles. The van der Waals surface area contributed by atoms with Crippen molar-refractivity contribution in [3.63, 3.8) is 0 Å². The van der Waals surface area contributed by atoms with Crippen molar-refractivity contribution in [2.75, 3.05) is 13.6 Å². The Morgan fingerprint density at radius 3 is 2.15 bits per heavy atom. The van der Waals surface area contributed by atoms with Crippen molar-refractivity contribution in [2.24, 2.45) is 22.2 Å². The topological polar surface area (TPSA) is 78.9 Å². The summed E-state index contributed by atoms with van der Waals surface area (Å²) in [6.07, 6.45) is 3.88. The average Bonchev–Trinajstić information content (AvgIpc) is 2.44. The van der Waals surface area contributed by atoms with Crippen molar-refractivity contribution < 1.29 is 10.0 Å². The van der Waals surface area contributed by atoms with E-state index in [4.69, 9.17) is 10.9 Å². The Balaban J connectivity index is 5.33. The minimum Gasteiger partial charge on any atom is -0.409 e. The van der Waals surface area contributed by atoms with E-state index in [9.17, 15) is 4.79 Å². The summed E-state index contributed by atoms with van der Waals surface area (Å²) in [5.41, 5.74) is 5.02. The predicted octanol–water partition coefficient (Wildman–Crippen LogP) is 2.82. The van der Waals surface area contributed by atoms with Gasteiger partial charge in [0.05, 0.1) is 0 Å².